The number of amides is 2. The SMILES string of the molecule is C=CCN1CN(C(C)C=C)C(=O)c2c(OCc3ccccc3)c(=O)c(C(=O)NCc3c(F)cc(F)cc3F)cn21. The molecule has 1 aliphatic rings. The molecule has 208 valence electrons. The van der Waals surface area contributed by atoms with Gasteiger partial charge < -0.3 is 15.0 Å². The summed E-state index contributed by atoms with van der Waals surface area (Å²) >= 11 is 0. The van der Waals surface area contributed by atoms with Crippen molar-refractivity contribution in [3.8, 4) is 5.75 Å². The predicted octanol–water partition coefficient (Wildman–Crippen LogP) is 3.89. The fourth-order valence-corrected chi connectivity index (χ4v) is 4.21. The first-order chi connectivity index (χ1) is 19.2. The maximum atomic E-state index is 14.1. The van der Waals surface area contributed by atoms with Gasteiger partial charge in [0.05, 0.1) is 6.54 Å². The van der Waals surface area contributed by atoms with E-state index in [1.807, 2.05) is 6.07 Å². The van der Waals surface area contributed by atoms with Crippen molar-refractivity contribution >= 4 is 11.8 Å². The molecule has 4 rings (SSSR count). The van der Waals surface area contributed by atoms with Crippen molar-refractivity contribution in [3.63, 3.8) is 0 Å². The number of nitrogens with one attached hydrogen (secondary N) is 1. The van der Waals surface area contributed by atoms with E-state index in [2.05, 4.69) is 18.5 Å². The third kappa shape index (κ3) is 5.63. The lowest BCUT2D eigenvalue weighted by Gasteiger charge is -2.41. The number of nitrogens with zero attached hydrogens (tertiary/aromatic N) is 3. The Morgan fingerprint density at radius 3 is 2.42 bits per heavy atom. The average Bonchev–Trinajstić information content (AvgIpc) is 2.93. The summed E-state index contributed by atoms with van der Waals surface area (Å²) in [6.07, 6.45) is 4.34. The van der Waals surface area contributed by atoms with E-state index in [4.69, 9.17) is 4.74 Å². The molecule has 0 fully saturated rings. The summed E-state index contributed by atoms with van der Waals surface area (Å²) in [6.45, 7) is 8.85. The number of carbonyl (C=O) groups excluding carboxylic acids is 2. The third-order valence-electron chi connectivity index (χ3n) is 6.40. The molecule has 0 radical (unpaired) electrons. The quantitative estimate of drug-likeness (QED) is 0.386. The Balaban J connectivity index is 1.79. The second-order valence-electron chi connectivity index (χ2n) is 9.07. The molecule has 1 aromatic heterocycles. The van der Waals surface area contributed by atoms with Gasteiger partial charge in [-0.25, -0.2) is 13.2 Å². The zero-order valence-corrected chi connectivity index (χ0v) is 21.7. The van der Waals surface area contributed by atoms with Gasteiger partial charge in [0.15, 0.2) is 11.4 Å². The van der Waals surface area contributed by atoms with E-state index in [1.165, 1.54) is 15.8 Å². The highest BCUT2D eigenvalue weighted by Gasteiger charge is 2.36. The molecule has 2 aromatic carbocycles. The number of pyridine rings is 1. The molecule has 0 spiro atoms. The van der Waals surface area contributed by atoms with Crippen molar-refractivity contribution in [1.82, 2.24) is 14.9 Å². The standard InChI is InChI=1S/C29H27F3N4O4/c1-4-11-34-17-35(18(3)5-2)29(39)25-27(40-16-19-9-7-6-8-10-19)26(37)22(15-36(25)34)28(38)33-14-21-23(31)12-20(30)13-24(21)32/h4-10,12-13,15,18H,1-2,11,14,16-17H2,3H3,(H,33,38). The van der Waals surface area contributed by atoms with E-state index in [-0.39, 0.29) is 31.3 Å². The molecule has 3 aromatic rings. The molecule has 2 amide bonds. The van der Waals surface area contributed by atoms with Crippen molar-refractivity contribution in [1.29, 1.82) is 0 Å². The fourth-order valence-electron chi connectivity index (χ4n) is 4.21. The topological polar surface area (TPSA) is 83.9 Å². The molecule has 1 aliphatic heterocycles. The first-order valence-corrected chi connectivity index (χ1v) is 12.3. The predicted molar refractivity (Wildman–Crippen MR) is 143 cm³/mol. The van der Waals surface area contributed by atoms with E-state index < -0.39 is 58.4 Å². The number of halogens is 3. The first kappa shape index (κ1) is 28.2. The Morgan fingerprint density at radius 2 is 1.80 bits per heavy atom. The van der Waals surface area contributed by atoms with Crippen LogP contribution in [-0.4, -0.2) is 40.6 Å². The monoisotopic (exact) mass is 552 g/mol. The van der Waals surface area contributed by atoms with Crippen LogP contribution in [0.5, 0.6) is 5.75 Å². The van der Waals surface area contributed by atoms with Crippen LogP contribution >= 0.6 is 0 Å². The minimum Gasteiger partial charge on any atom is -0.482 e. The molecule has 0 saturated carbocycles. The van der Waals surface area contributed by atoms with Crippen molar-refractivity contribution < 1.29 is 27.5 Å². The molecule has 1 unspecified atom stereocenters. The molecular weight excluding hydrogens is 525 g/mol. The molecular formula is C29H27F3N4O4. The maximum absolute atomic E-state index is 14.1. The van der Waals surface area contributed by atoms with Crippen LogP contribution in [0, 0.1) is 17.5 Å². The molecule has 8 nitrogen and oxygen atoms in total. The summed E-state index contributed by atoms with van der Waals surface area (Å²) < 4.78 is 48.8. The van der Waals surface area contributed by atoms with Gasteiger partial charge in [0.1, 0.15) is 36.3 Å². The van der Waals surface area contributed by atoms with Gasteiger partial charge in [-0.2, -0.15) is 0 Å². The minimum absolute atomic E-state index is 0.0775. The minimum atomic E-state index is -1.19. The van der Waals surface area contributed by atoms with Crippen LogP contribution in [0.15, 0.2) is 78.8 Å². The van der Waals surface area contributed by atoms with Gasteiger partial charge in [0.2, 0.25) is 5.43 Å². The van der Waals surface area contributed by atoms with Gasteiger partial charge in [-0.3, -0.25) is 24.1 Å². The van der Waals surface area contributed by atoms with Gasteiger partial charge in [-0.1, -0.05) is 42.5 Å². The maximum Gasteiger partial charge on any atom is 0.278 e. The zero-order chi connectivity index (χ0) is 29.0. The van der Waals surface area contributed by atoms with Crippen molar-refractivity contribution in [2.24, 2.45) is 0 Å². The summed E-state index contributed by atoms with van der Waals surface area (Å²) in [5, 5.41) is 3.96. The number of aromatic nitrogens is 1. The third-order valence-corrected chi connectivity index (χ3v) is 6.40. The van der Waals surface area contributed by atoms with E-state index >= 15 is 0 Å². The second kappa shape index (κ2) is 11.9. The second-order valence-corrected chi connectivity index (χ2v) is 9.07. The normalized spacial score (nSPS) is 13.4. The Hall–Kier alpha value is -4.80. The highest BCUT2D eigenvalue weighted by molar-refractivity contribution is 5.99. The van der Waals surface area contributed by atoms with Gasteiger partial charge in [0.25, 0.3) is 11.8 Å². The average molecular weight is 553 g/mol. The number of hydrogen-bond acceptors (Lipinski definition) is 5. The Labute approximate surface area is 228 Å². The van der Waals surface area contributed by atoms with Crippen LogP contribution < -0.4 is 20.5 Å². The summed E-state index contributed by atoms with van der Waals surface area (Å²) in [6, 6.07) is 9.49. The summed E-state index contributed by atoms with van der Waals surface area (Å²) in [5.74, 6) is -5.34. The highest BCUT2D eigenvalue weighted by atomic mass is 19.1. The Morgan fingerprint density at radius 1 is 1.12 bits per heavy atom. The number of hydrogen-bond donors (Lipinski definition) is 1. The number of rotatable bonds is 10. The van der Waals surface area contributed by atoms with E-state index in [0.29, 0.717) is 17.7 Å². The Kier molecular flexibility index (Phi) is 8.42. The zero-order valence-electron chi connectivity index (χ0n) is 21.7. The van der Waals surface area contributed by atoms with Crippen LogP contribution in [0.1, 0.15) is 38.9 Å². The Bertz CT molecular complexity index is 1500. The lowest BCUT2D eigenvalue weighted by Crippen LogP contribution is -2.56. The van der Waals surface area contributed by atoms with E-state index in [9.17, 15) is 27.6 Å². The lowest BCUT2D eigenvalue weighted by atomic mass is 10.1. The molecule has 0 aliphatic carbocycles. The van der Waals surface area contributed by atoms with Crippen molar-refractivity contribution in [2.45, 2.75) is 26.1 Å². The molecule has 1 atom stereocenters. The molecule has 40 heavy (non-hydrogen) atoms. The molecule has 0 saturated heterocycles. The number of fused-ring (bicyclic) bond motifs is 1. The smallest absolute Gasteiger partial charge is 0.278 e. The summed E-state index contributed by atoms with van der Waals surface area (Å²) in [5.41, 5.74) is -1.29. The van der Waals surface area contributed by atoms with Gasteiger partial charge in [-0.05, 0) is 12.5 Å². The molecule has 0 bridgehead atoms. The van der Waals surface area contributed by atoms with Gasteiger partial charge >= 0.3 is 0 Å². The van der Waals surface area contributed by atoms with Crippen LogP contribution in [0.4, 0.5) is 13.2 Å². The van der Waals surface area contributed by atoms with Crippen LogP contribution in [0.25, 0.3) is 0 Å². The van der Waals surface area contributed by atoms with Crippen LogP contribution in [0.3, 0.4) is 0 Å². The summed E-state index contributed by atoms with van der Waals surface area (Å²) in [4.78, 5) is 41.9. The number of ether oxygens (including phenoxy) is 1. The van der Waals surface area contributed by atoms with Gasteiger partial charge in [0, 0.05) is 36.5 Å². The van der Waals surface area contributed by atoms with E-state index in [0.717, 1.165) is 0 Å². The molecule has 1 N–H and O–H groups in total. The summed E-state index contributed by atoms with van der Waals surface area (Å²) in [7, 11) is 0. The van der Waals surface area contributed by atoms with Gasteiger partial charge in [-0.15, -0.1) is 13.2 Å². The highest BCUT2D eigenvalue weighted by Crippen LogP contribution is 2.25. The first-order valence-electron chi connectivity index (χ1n) is 12.3. The largest absolute Gasteiger partial charge is 0.482 e. The number of benzene rings is 2. The van der Waals surface area contributed by atoms with Crippen LogP contribution in [-0.2, 0) is 13.2 Å². The number of carbonyl (C=O) groups is 2. The van der Waals surface area contributed by atoms with Crippen LogP contribution in [0.2, 0.25) is 0 Å². The van der Waals surface area contributed by atoms with Crippen molar-refractivity contribution in [2.75, 3.05) is 18.2 Å². The fraction of sp³-hybridized carbons (Fsp3) is 0.207. The van der Waals surface area contributed by atoms with E-state index in [1.54, 1.807) is 48.4 Å². The van der Waals surface area contributed by atoms with Crippen molar-refractivity contribution in [3.05, 3.63) is 124 Å². The molecule has 2 heterocycles. The molecule has 11 heteroatoms. The lowest BCUT2D eigenvalue weighted by molar-refractivity contribution is 0.0649.